The first kappa shape index (κ1) is 18.3. The van der Waals surface area contributed by atoms with Gasteiger partial charge in [0.2, 0.25) is 17.5 Å². The van der Waals surface area contributed by atoms with Gasteiger partial charge in [0, 0.05) is 17.3 Å². The van der Waals surface area contributed by atoms with E-state index in [0.29, 0.717) is 0 Å². The first-order valence-corrected chi connectivity index (χ1v) is 6.38. The third-order valence-corrected chi connectivity index (χ3v) is 2.61. The zero-order valence-corrected chi connectivity index (χ0v) is 12.9. The lowest BCUT2D eigenvalue weighted by molar-refractivity contribution is -0.147. The SMILES string of the molecule is CC(C)(C)C(=O)N[C@@H](CC(=O)C(=O)C(C)(C)C)C(=O)O. The molecule has 114 valence electrons. The van der Waals surface area contributed by atoms with Crippen molar-refractivity contribution in [3.63, 3.8) is 0 Å². The molecule has 0 heterocycles. The highest BCUT2D eigenvalue weighted by Crippen LogP contribution is 2.17. The van der Waals surface area contributed by atoms with Gasteiger partial charge in [0.1, 0.15) is 6.04 Å². The van der Waals surface area contributed by atoms with E-state index in [9.17, 15) is 19.2 Å². The number of rotatable bonds is 5. The molecule has 0 aliphatic heterocycles. The summed E-state index contributed by atoms with van der Waals surface area (Å²) in [5.41, 5.74) is -1.64. The topological polar surface area (TPSA) is 101 Å². The first-order chi connectivity index (χ1) is 8.76. The number of amides is 1. The van der Waals surface area contributed by atoms with E-state index in [0.717, 1.165) is 0 Å². The highest BCUT2D eigenvalue weighted by atomic mass is 16.4. The average Bonchev–Trinajstić information content (AvgIpc) is 2.23. The van der Waals surface area contributed by atoms with Crippen LogP contribution in [-0.2, 0) is 19.2 Å². The van der Waals surface area contributed by atoms with Crippen LogP contribution in [0.1, 0.15) is 48.0 Å². The van der Waals surface area contributed by atoms with Crippen LogP contribution in [0.3, 0.4) is 0 Å². The lowest BCUT2D eigenvalue weighted by atomic mass is 9.86. The van der Waals surface area contributed by atoms with Gasteiger partial charge in [0.05, 0.1) is 0 Å². The summed E-state index contributed by atoms with van der Waals surface area (Å²) in [5, 5.41) is 11.3. The Hall–Kier alpha value is -1.72. The molecule has 0 spiro atoms. The van der Waals surface area contributed by atoms with E-state index in [4.69, 9.17) is 5.11 Å². The molecule has 0 aliphatic carbocycles. The van der Waals surface area contributed by atoms with E-state index < -0.39 is 46.7 Å². The molecule has 0 aromatic heterocycles. The molecule has 0 aromatic carbocycles. The summed E-state index contributed by atoms with van der Waals surface area (Å²) in [4.78, 5) is 46.4. The van der Waals surface area contributed by atoms with Crippen molar-refractivity contribution in [2.24, 2.45) is 10.8 Å². The van der Waals surface area contributed by atoms with E-state index in [1.807, 2.05) is 0 Å². The summed E-state index contributed by atoms with van der Waals surface area (Å²) in [6, 6.07) is -1.39. The maximum Gasteiger partial charge on any atom is 0.326 e. The van der Waals surface area contributed by atoms with Crippen LogP contribution in [0.5, 0.6) is 0 Å². The van der Waals surface area contributed by atoms with Crippen molar-refractivity contribution in [1.29, 1.82) is 0 Å². The van der Waals surface area contributed by atoms with Gasteiger partial charge < -0.3 is 10.4 Å². The number of carbonyl (C=O) groups is 4. The number of carbonyl (C=O) groups excluding carboxylic acids is 3. The normalized spacial score (nSPS) is 13.5. The van der Waals surface area contributed by atoms with Crippen LogP contribution in [0.2, 0.25) is 0 Å². The fourth-order valence-electron chi connectivity index (χ4n) is 1.27. The predicted octanol–water partition coefficient (Wildman–Crippen LogP) is 1.18. The molecule has 2 N–H and O–H groups in total. The smallest absolute Gasteiger partial charge is 0.326 e. The number of hydrogen-bond donors (Lipinski definition) is 2. The minimum absolute atomic E-state index is 0.485. The number of carboxylic acid groups (broad SMARTS) is 1. The second-order valence-electron chi connectivity index (χ2n) is 6.82. The van der Waals surface area contributed by atoms with Crippen molar-refractivity contribution in [1.82, 2.24) is 5.32 Å². The molecule has 0 bridgehead atoms. The van der Waals surface area contributed by atoms with Crippen LogP contribution in [0.15, 0.2) is 0 Å². The molecule has 0 unspecified atom stereocenters. The van der Waals surface area contributed by atoms with E-state index in [1.165, 1.54) is 0 Å². The van der Waals surface area contributed by atoms with Crippen molar-refractivity contribution < 1.29 is 24.3 Å². The Morgan fingerprint density at radius 1 is 0.950 bits per heavy atom. The van der Waals surface area contributed by atoms with Gasteiger partial charge in [-0.15, -0.1) is 0 Å². The molecule has 0 fully saturated rings. The molecule has 6 heteroatoms. The van der Waals surface area contributed by atoms with Crippen molar-refractivity contribution in [2.45, 2.75) is 54.0 Å². The van der Waals surface area contributed by atoms with Gasteiger partial charge in [0.25, 0.3) is 0 Å². The van der Waals surface area contributed by atoms with E-state index in [1.54, 1.807) is 41.5 Å². The monoisotopic (exact) mass is 285 g/mol. The lowest BCUT2D eigenvalue weighted by Crippen LogP contribution is -2.47. The second kappa shape index (κ2) is 6.15. The second-order valence-corrected chi connectivity index (χ2v) is 6.82. The Morgan fingerprint density at radius 2 is 1.40 bits per heavy atom. The lowest BCUT2D eigenvalue weighted by Gasteiger charge is -2.22. The fraction of sp³-hybridized carbons (Fsp3) is 0.714. The Bertz CT molecular complexity index is 426. The number of hydrogen-bond acceptors (Lipinski definition) is 4. The fourth-order valence-corrected chi connectivity index (χ4v) is 1.27. The molecule has 1 amide bonds. The number of carboxylic acids is 1. The molecule has 1 atom stereocenters. The molecular weight excluding hydrogens is 262 g/mol. The van der Waals surface area contributed by atoms with E-state index >= 15 is 0 Å². The van der Waals surface area contributed by atoms with Gasteiger partial charge in [-0.1, -0.05) is 41.5 Å². The highest BCUT2D eigenvalue weighted by molar-refractivity contribution is 6.39. The standard InChI is InChI=1S/C14H23NO5/c1-13(2,3)10(17)9(16)7-8(11(18)19)15-12(20)14(4,5)6/h8H,7H2,1-6H3,(H,15,20)(H,18,19)/t8-/m0/s1. The molecule has 20 heavy (non-hydrogen) atoms. The van der Waals surface area contributed by atoms with Gasteiger partial charge >= 0.3 is 5.97 Å². The molecule has 0 saturated heterocycles. The summed E-state index contributed by atoms with van der Waals surface area (Å²) in [5.74, 6) is -3.26. The summed E-state index contributed by atoms with van der Waals surface area (Å²) in [7, 11) is 0. The van der Waals surface area contributed by atoms with Crippen LogP contribution in [0.25, 0.3) is 0 Å². The maximum absolute atomic E-state index is 11.8. The largest absolute Gasteiger partial charge is 0.480 e. The van der Waals surface area contributed by atoms with Crippen molar-refractivity contribution in [3.05, 3.63) is 0 Å². The number of ketones is 2. The Labute approximate surface area is 118 Å². The minimum atomic E-state index is -1.39. The van der Waals surface area contributed by atoms with Crippen molar-refractivity contribution in [2.75, 3.05) is 0 Å². The number of aliphatic carboxylic acids is 1. The van der Waals surface area contributed by atoms with Gasteiger partial charge in [-0.2, -0.15) is 0 Å². The van der Waals surface area contributed by atoms with Crippen LogP contribution in [0.4, 0.5) is 0 Å². The average molecular weight is 285 g/mol. The van der Waals surface area contributed by atoms with Gasteiger partial charge in [0.15, 0.2) is 0 Å². The van der Waals surface area contributed by atoms with Gasteiger partial charge in [-0.05, 0) is 0 Å². The zero-order valence-electron chi connectivity index (χ0n) is 12.9. The summed E-state index contributed by atoms with van der Waals surface area (Å²) in [6.07, 6.45) is -0.534. The first-order valence-electron chi connectivity index (χ1n) is 6.38. The Morgan fingerprint density at radius 3 is 1.70 bits per heavy atom. The molecule has 0 radical (unpaired) electrons. The summed E-state index contributed by atoms with van der Waals surface area (Å²) in [6.45, 7) is 9.63. The van der Waals surface area contributed by atoms with Gasteiger partial charge in [-0.25, -0.2) is 4.79 Å². The molecule has 0 aliphatic rings. The zero-order chi connectivity index (χ0) is 16.3. The predicted molar refractivity (Wildman–Crippen MR) is 73.1 cm³/mol. The van der Waals surface area contributed by atoms with E-state index in [-0.39, 0.29) is 0 Å². The van der Waals surface area contributed by atoms with E-state index in [2.05, 4.69) is 5.32 Å². The maximum atomic E-state index is 11.8. The Balaban J connectivity index is 4.91. The number of Topliss-reactive ketones (excluding diaryl/α,β-unsaturated/α-hetero) is 2. The number of nitrogens with one attached hydrogen (secondary N) is 1. The third-order valence-electron chi connectivity index (χ3n) is 2.61. The molecular formula is C14H23NO5. The van der Waals surface area contributed by atoms with Crippen LogP contribution >= 0.6 is 0 Å². The van der Waals surface area contributed by atoms with Crippen LogP contribution in [0, 0.1) is 10.8 Å². The molecule has 0 aromatic rings. The quantitative estimate of drug-likeness (QED) is 0.739. The Kier molecular flexibility index (Phi) is 5.62. The molecule has 6 nitrogen and oxygen atoms in total. The van der Waals surface area contributed by atoms with Crippen molar-refractivity contribution in [3.8, 4) is 0 Å². The minimum Gasteiger partial charge on any atom is -0.480 e. The summed E-state index contributed by atoms with van der Waals surface area (Å²) < 4.78 is 0. The third kappa shape index (κ3) is 5.50. The molecule has 0 rings (SSSR count). The van der Waals surface area contributed by atoms with Gasteiger partial charge in [-0.3, -0.25) is 14.4 Å². The van der Waals surface area contributed by atoms with Crippen molar-refractivity contribution >= 4 is 23.4 Å². The summed E-state index contributed by atoms with van der Waals surface area (Å²) >= 11 is 0. The van der Waals surface area contributed by atoms with Crippen LogP contribution < -0.4 is 5.32 Å². The highest BCUT2D eigenvalue weighted by Gasteiger charge is 2.34. The van der Waals surface area contributed by atoms with Crippen LogP contribution in [-0.4, -0.2) is 34.6 Å². The molecule has 0 saturated carbocycles.